The van der Waals surface area contributed by atoms with E-state index in [1.54, 1.807) is 0 Å². The summed E-state index contributed by atoms with van der Waals surface area (Å²) in [5.74, 6) is -0.0968. The molecule has 6 nitrogen and oxygen atoms in total. The van der Waals surface area contributed by atoms with Gasteiger partial charge in [-0.3, -0.25) is 4.79 Å². The van der Waals surface area contributed by atoms with Crippen molar-refractivity contribution >= 4 is 11.7 Å². The molecule has 0 saturated carbocycles. The highest BCUT2D eigenvalue weighted by Gasteiger charge is 2.01. The number of amides is 1. The zero-order chi connectivity index (χ0) is 12.5. The van der Waals surface area contributed by atoms with E-state index in [2.05, 4.69) is 15.8 Å². The van der Waals surface area contributed by atoms with Crippen LogP contribution < -0.4 is 16.4 Å². The second-order valence-corrected chi connectivity index (χ2v) is 3.46. The van der Waals surface area contributed by atoms with E-state index in [4.69, 9.17) is 10.9 Å². The Bertz CT molecular complexity index is 378. The van der Waals surface area contributed by atoms with Crippen LogP contribution in [0.2, 0.25) is 0 Å². The molecule has 1 aromatic carbocycles. The molecule has 0 aliphatic heterocycles. The molecule has 0 spiro atoms. The molecule has 1 amide bonds. The molecule has 17 heavy (non-hydrogen) atoms. The van der Waals surface area contributed by atoms with E-state index in [-0.39, 0.29) is 24.8 Å². The number of amidine groups is 1. The number of nitrogens with two attached hydrogens (primary N) is 1. The first-order chi connectivity index (χ1) is 8.22. The third-order valence-corrected chi connectivity index (χ3v) is 2.05. The van der Waals surface area contributed by atoms with Crippen molar-refractivity contribution in [3.8, 4) is 0 Å². The number of carbonyl (C=O) groups is 1. The Morgan fingerprint density at radius 1 is 1.29 bits per heavy atom. The molecule has 0 heterocycles. The molecule has 0 aliphatic carbocycles. The molecule has 0 atom stereocenters. The summed E-state index contributed by atoms with van der Waals surface area (Å²) in [6.07, 6.45) is 0. The number of rotatable bonds is 6. The second kappa shape index (κ2) is 7.24. The normalized spacial score (nSPS) is 11.2. The molecule has 0 aliphatic rings. The van der Waals surface area contributed by atoms with E-state index < -0.39 is 0 Å². The monoisotopic (exact) mass is 236 g/mol. The Morgan fingerprint density at radius 3 is 2.65 bits per heavy atom. The fraction of sp³-hybridized carbons (Fsp3) is 0.273. The van der Waals surface area contributed by atoms with Gasteiger partial charge in [0, 0.05) is 6.54 Å². The number of benzene rings is 1. The van der Waals surface area contributed by atoms with E-state index in [1.807, 2.05) is 30.3 Å². The highest BCUT2D eigenvalue weighted by molar-refractivity contribution is 5.83. The van der Waals surface area contributed by atoms with Crippen molar-refractivity contribution in [3.05, 3.63) is 35.9 Å². The standard InChI is InChI=1S/C11H16N4O2/c12-10(15-17)7-13-8-11(16)14-6-9-4-2-1-3-5-9/h1-5,13,17H,6-8H2,(H2,12,15)(H,14,16). The molecule has 6 heteroatoms. The average molecular weight is 236 g/mol. The van der Waals surface area contributed by atoms with Crippen LogP contribution in [0.5, 0.6) is 0 Å². The van der Waals surface area contributed by atoms with Gasteiger partial charge in [0.1, 0.15) is 0 Å². The van der Waals surface area contributed by atoms with Crippen LogP contribution in [0, 0.1) is 0 Å². The summed E-state index contributed by atoms with van der Waals surface area (Å²) in [4.78, 5) is 11.4. The zero-order valence-corrected chi connectivity index (χ0v) is 9.39. The summed E-state index contributed by atoms with van der Waals surface area (Å²) in [6, 6.07) is 9.62. The van der Waals surface area contributed by atoms with Crippen molar-refractivity contribution in [1.29, 1.82) is 0 Å². The quantitative estimate of drug-likeness (QED) is 0.234. The molecule has 1 aromatic rings. The molecule has 0 saturated heterocycles. The molecule has 0 bridgehead atoms. The number of oxime groups is 1. The predicted molar refractivity (Wildman–Crippen MR) is 64.6 cm³/mol. The summed E-state index contributed by atoms with van der Waals surface area (Å²) in [6.45, 7) is 0.795. The first kappa shape index (κ1) is 13.0. The Labute approximate surface area is 99.5 Å². The van der Waals surface area contributed by atoms with E-state index in [0.717, 1.165) is 5.56 Å². The predicted octanol–water partition coefficient (Wildman–Crippen LogP) is -0.361. The number of nitrogens with one attached hydrogen (secondary N) is 2. The van der Waals surface area contributed by atoms with Gasteiger partial charge in [0.25, 0.3) is 0 Å². The molecule has 0 aromatic heterocycles. The third-order valence-electron chi connectivity index (χ3n) is 2.05. The van der Waals surface area contributed by atoms with Gasteiger partial charge >= 0.3 is 0 Å². The molecule has 0 fully saturated rings. The maximum Gasteiger partial charge on any atom is 0.234 e. The van der Waals surface area contributed by atoms with Gasteiger partial charge in [-0.05, 0) is 5.56 Å². The van der Waals surface area contributed by atoms with Crippen molar-refractivity contribution in [2.24, 2.45) is 10.9 Å². The smallest absolute Gasteiger partial charge is 0.234 e. The van der Waals surface area contributed by atoms with E-state index in [0.29, 0.717) is 6.54 Å². The fourth-order valence-electron chi connectivity index (χ4n) is 1.20. The van der Waals surface area contributed by atoms with Crippen LogP contribution in [-0.2, 0) is 11.3 Å². The summed E-state index contributed by atoms with van der Waals surface area (Å²) < 4.78 is 0. The summed E-state index contributed by atoms with van der Waals surface area (Å²) in [7, 11) is 0. The van der Waals surface area contributed by atoms with E-state index >= 15 is 0 Å². The molecular weight excluding hydrogens is 220 g/mol. The number of hydrogen-bond acceptors (Lipinski definition) is 4. The van der Waals surface area contributed by atoms with Crippen LogP contribution in [0.4, 0.5) is 0 Å². The third kappa shape index (κ3) is 5.53. The lowest BCUT2D eigenvalue weighted by atomic mass is 10.2. The van der Waals surface area contributed by atoms with E-state index in [1.165, 1.54) is 0 Å². The van der Waals surface area contributed by atoms with Crippen LogP contribution in [0.1, 0.15) is 5.56 Å². The fourth-order valence-corrected chi connectivity index (χ4v) is 1.20. The number of hydrogen-bond donors (Lipinski definition) is 4. The highest BCUT2D eigenvalue weighted by Crippen LogP contribution is 1.96. The number of carbonyl (C=O) groups excluding carboxylic acids is 1. The number of nitrogens with zero attached hydrogens (tertiary/aromatic N) is 1. The van der Waals surface area contributed by atoms with Crippen molar-refractivity contribution in [2.45, 2.75) is 6.54 Å². The van der Waals surface area contributed by atoms with Gasteiger partial charge in [0.2, 0.25) is 5.91 Å². The molecule has 0 radical (unpaired) electrons. The molecular formula is C11H16N4O2. The average Bonchev–Trinajstić information content (AvgIpc) is 2.37. The van der Waals surface area contributed by atoms with E-state index in [9.17, 15) is 4.79 Å². The molecule has 92 valence electrons. The lowest BCUT2D eigenvalue weighted by molar-refractivity contribution is -0.120. The minimum atomic E-state index is -0.139. The Hall–Kier alpha value is -2.08. The topological polar surface area (TPSA) is 99.7 Å². The van der Waals surface area contributed by atoms with Crippen molar-refractivity contribution < 1.29 is 10.0 Å². The Morgan fingerprint density at radius 2 is 2.00 bits per heavy atom. The van der Waals surface area contributed by atoms with Gasteiger partial charge < -0.3 is 21.6 Å². The lowest BCUT2D eigenvalue weighted by Gasteiger charge is -2.06. The van der Waals surface area contributed by atoms with Gasteiger partial charge in [-0.15, -0.1) is 0 Å². The first-order valence-electron chi connectivity index (χ1n) is 5.20. The Kier molecular flexibility index (Phi) is 5.53. The van der Waals surface area contributed by atoms with Crippen molar-refractivity contribution in [2.75, 3.05) is 13.1 Å². The maximum absolute atomic E-state index is 11.4. The van der Waals surface area contributed by atoms with Crippen LogP contribution in [0.25, 0.3) is 0 Å². The van der Waals surface area contributed by atoms with Gasteiger partial charge in [0.05, 0.1) is 13.1 Å². The zero-order valence-electron chi connectivity index (χ0n) is 9.39. The minimum Gasteiger partial charge on any atom is -0.409 e. The first-order valence-corrected chi connectivity index (χ1v) is 5.20. The largest absolute Gasteiger partial charge is 0.409 e. The molecule has 5 N–H and O–H groups in total. The summed E-state index contributed by atoms with van der Waals surface area (Å²) in [5.41, 5.74) is 6.27. The highest BCUT2D eigenvalue weighted by atomic mass is 16.4. The molecule has 1 rings (SSSR count). The van der Waals surface area contributed by atoms with Gasteiger partial charge in [-0.2, -0.15) is 0 Å². The van der Waals surface area contributed by atoms with Gasteiger partial charge in [-0.25, -0.2) is 0 Å². The van der Waals surface area contributed by atoms with Crippen LogP contribution in [0.3, 0.4) is 0 Å². The summed E-state index contributed by atoms with van der Waals surface area (Å²) in [5, 5.41) is 16.5. The lowest BCUT2D eigenvalue weighted by Crippen LogP contribution is -2.37. The van der Waals surface area contributed by atoms with Crippen LogP contribution in [0.15, 0.2) is 35.5 Å². The van der Waals surface area contributed by atoms with Gasteiger partial charge in [0.15, 0.2) is 5.84 Å². The van der Waals surface area contributed by atoms with Gasteiger partial charge in [-0.1, -0.05) is 35.5 Å². The second-order valence-electron chi connectivity index (χ2n) is 3.46. The van der Waals surface area contributed by atoms with Crippen molar-refractivity contribution in [1.82, 2.24) is 10.6 Å². The molecule has 0 unspecified atom stereocenters. The van der Waals surface area contributed by atoms with Crippen LogP contribution >= 0.6 is 0 Å². The SMILES string of the molecule is N/C(CNCC(=O)NCc1ccccc1)=N/O. The summed E-state index contributed by atoms with van der Waals surface area (Å²) >= 11 is 0. The van der Waals surface area contributed by atoms with Crippen molar-refractivity contribution in [3.63, 3.8) is 0 Å². The minimum absolute atomic E-state index is 0.0425. The Balaban J connectivity index is 2.18. The maximum atomic E-state index is 11.4. The van der Waals surface area contributed by atoms with Crippen LogP contribution in [-0.4, -0.2) is 30.0 Å².